The normalized spacial score (nSPS) is 9.93. The first kappa shape index (κ1) is 10.9. The SMILES string of the molecule is CCOc1cc(O)c(C(C)=O)cc1Cl. The standard InChI is InChI=1S/C10H11ClO3/c1-3-14-10-5-9(13)7(6(2)12)4-8(10)11/h4-5,13H,3H2,1-2H3. The maximum atomic E-state index is 11.0. The number of halogens is 1. The van der Waals surface area contributed by atoms with E-state index < -0.39 is 0 Å². The van der Waals surface area contributed by atoms with Gasteiger partial charge in [0, 0.05) is 6.07 Å². The first-order valence-electron chi connectivity index (χ1n) is 4.22. The van der Waals surface area contributed by atoms with Crippen LogP contribution in [0.4, 0.5) is 0 Å². The lowest BCUT2D eigenvalue weighted by Crippen LogP contribution is -1.96. The van der Waals surface area contributed by atoms with Gasteiger partial charge in [-0.1, -0.05) is 11.6 Å². The van der Waals surface area contributed by atoms with Gasteiger partial charge < -0.3 is 9.84 Å². The van der Waals surface area contributed by atoms with Gasteiger partial charge in [-0.05, 0) is 19.9 Å². The third kappa shape index (κ3) is 2.17. The van der Waals surface area contributed by atoms with Crippen molar-refractivity contribution in [3.8, 4) is 11.5 Å². The quantitative estimate of drug-likeness (QED) is 0.787. The van der Waals surface area contributed by atoms with E-state index in [1.165, 1.54) is 19.1 Å². The summed E-state index contributed by atoms with van der Waals surface area (Å²) < 4.78 is 5.15. The van der Waals surface area contributed by atoms with Crippen molar-refractivity contribution in [1.29, 1.82) is 0 Å². The van der Waals surface area contributed by atoms with E-state index in [0.29, 0.717) is 17.4 Å². The third-order valence-corrected chi connectivity index (χ3v) is 2.02. The fraction of sp³-hybridized carbons (Fsp3) is 0.300. The number of ether oxygens (including phenoxy) is 1. The minimum Gasteiger partial charge on any atom is -0.507 e. The lowest BCUT2D eigenvalue weighted by Gasteiger charge is -2.08. The Morgan fingerprint density at radius 3 is 2.71 bits per heavy atom. The van der Waals surface area contributed by atoms with Crippen molar-refractivity contribution < 1.29 is 14.6 Å². The number of Topliss-reactive ketones (excluding diaryl/α,β-unsaturated/α-hetero) is 1. The fourth-order valence-electron chi connectivity index (χ4n) is 1.09. The van der Waals surface area contributed by atoms with E-state index >= 15 is 0 Å². The Labute approximate surface area is 87.3 Å². The van der Waals surface area contributed by atoms with Gasteiger partial charge in [0.05, 0.1) is 17.2 Å². The second-order valence-corrected chi connectivity index (χ2v) is 3.20. The van der Waals surface area contributed by atoms with Crippen molar-refractivity contribution >= 4 is 17.4 Å². The highest BCUT2D eigenvalue weighted by Gasteiger charge is 2.11. The molecule has 0 spiro atoms. The summed E-state index contributed by atoms with van der Waals surface area (Å²) in [5.74, 6) is 0.0504. The lowest BCUT2D eigenvalue weighted by atomic mass is 10.1. The summed E-state index contributed by atoms with van der Waals surface area (Å²) in [6.45, 7) is 3.64. The van der Waals surface area contributed by atoms with Crippen LogP contribution in [0.1, 0.15) is 24.2 Å². The van der Waals surface area contributed by atoms with Gasteiger partial charge in [-0.3, -0.25) is 4.79 Å². The topological polar surface area (TPSA) is 46.5 Å². The molecule has 0 aliphatic carbocycles. The van der Waals surface area contributed by atoms with Gasteiger partial charge in [-0.25, -0.2) is 0 Å². The van der Waals surface area contributed by atoms with E-state index in [1.807, 2.05) is 6.92 Å². The minimum atomic E-state index is -0.229. The molecule has 0 unspecified atom stereocenters. The van der Waals surface area contributed by atoms with E-state index in [1.54, 1.807) is 0 Å². The van der Waals surface area contributed by atoms with Crippen molar-refractivity contribution in [3.05, 3.63) is 22.7 Å². The number of carbonyl (C=O) groups excluding carboxylic acids is 1. The van der Waals surface area contributed by atoms with Gasteiger partial charge in [0.25, 0.3) is 0 Å². The smallest absolute Gasteiger partial charge is 0.163 e. The molecule has 0 bridgehead atoms. The van der Waals surface area contributed by atoms with Crippen LogP contribution in [0.15, 0.2) is 12.1 Å². The molecule has 0 aliphatic heterocycles. The Morgan fingerprint density at radius 2 is 2.21 bits per heavy atom. The number of phenols is 1. The molecular formula is C10H11ClO3. The average molecular weight is 215 g/mol. The van der Waals surface area contributed by atoms with Crippen molar-refractivity contribution in [2.45, 2.75) is 13.8 Å². The van der Waals surface area contributed by atoms with Gasteiger partial charge in [-0.2, -0.15) is 0 Å². The molecule has 0 saturated heterocycles. The highest BCUT2D eigenvalue weighted by atomic mass is 35.5. The molecule has 3 nitrogen and oxygen atoms in total. The van der Waals surface area contributed by atoms with E-state index in [0.717, 1.165) is 0 Å². The Hall–Kier alpha value is -1.22. The molecule has 0 aromatic heterocycles. The van der Waals surface area contributed by atoms with Crippen LogP contribution in [0.5, 0.6) is 11.5 Å². The number of hydrogen-bond donors (Lipinski definition) is 1. The van der Waals surface area contributed by atoms with E-state index in [4.69, 9.17) is 16.3 Å². The van der Waals surface area contributed by atoms with Gasteiger partial charge in [0.15, 0.2) is 5.78 Å². The van der Waals surface area contributed by atoms with Crippen molar-refractivity contribution in [2.75, 3.05) is 6.61 Å². The largest absolute Gasteiger partial charge is 0.507 e. The van der Waals surface area contributed by atoms with Crippen molar-refractivity contribution in [3.63, 3.8) is 0 Å². The molecule has 1 rings (SSSR count). The van der Waals surface area contributed by atoms with Gasteiger partial charge in [0.2, 0.25) is 0 Å². The van der Waals surface area contributed by atoms with E-state index in [9.17, 15) is 9.90 Å². The molecule has 0 fully saturated rings. The molecule has 0 saturated carbocycles. The summed E-state index contributed by atoms with van der Waals surface area (Å²) in [5, 5.41) is 9.78. The monoisotopic (exact) mass is 214 g/mol. The van der Waals surface area contributed by atoms with Crippen LogP contribution in [-0.4, -0.2) is 17.5 Å². The molecule has 1 aromatic rings. The average Bonchev–Trinajstić information content (AvgIpc) is 2.10. The first-order chi connectivity index (χ1) is 6.56. The number of hydrogen-bond acceptors (Lipinski definition) is 3. The van der Waals surface area contributed by atoms with E-state index in [-0.39, 0.29) is 17.1 Å². The predicted octanol–water partition coefficient (Wildman–Crippen LogP) is 2.65. The lowest BCUT2D eigenvalue weighted by molar-refractivity contribution is 0.101. The number of carbonyl (C=O) groups is 1. The summed E-state index contributed by atoms with van der Waals surface area (Å²) in [6, 6.07) is 2.76. The van der Waals surface area contributed by atoms with Crippen LogP contribution in [0.3, 0.4) is 0 Å². The molecule has 4 heteroatoms. The van der Waals surface area contributed by atoms with Crippen LogP contribution in [0.2, 0.25) is 5.02 Å². The molecule has 0 radical (unpaired) electrons. The summed E-state index contributed by atoms with van der Waals surface area (Å²) >= 11 is 5.84. The zero-order valence-electron chi connectivity index (χ0n) is 8.00. The molecular weight excluding hydrogens is 204 g/mol. The third-order valence-electron chi connectivity index (χ3n) is 1.73. The number of aromatic hydroxyl groups is 1. The number of rotatable bonds is 3. The summed E-state index contributed by atoms with van der Waals surface area (Å²) in [4.78, 5) is 11.0. The second-order valence-electron chi connectivity index (χ2n) is 2.79. The molecule has 0 amide bonds. The Bertz CT molecular complexity index is 361. The van der Waals surface area contributed by atoms with Crippen LogP contribution in [-0.2, 0) is 0 Å². The number of ketones is 1. The summed E-state index contributed by atoms with van der Waals surface area (Å²) in [5.41, 5.74) is 0.207. The summed E-state index contributed by atoms with van der Waals surface area (Å²) in [7, 11) is 0. The maximum Gasteiger partial charge on any atom is 0.163 e. The Kier molecular flexibility index (Phi) is 3.36. The van der Waals surface area contributed by atoms with Gasteiger partial charge in [-0.15, -0.1) is 0 Å². The fourth-order valence-corrected chi connectivity index (χ4v) is 1.31. The van der Waals surface area contributed by atoms with Crippen molar-refractivity contribution in [2.24, 2.45) is 0 Å². The molecule has 14 heavy (non-hydrogen) atoms. The predicted molar refractivity (Wildman–Crippen MR) is 54.3 cm³/mol. The molecule has 0 heterocycles. The highest BCUT2D eigenvalue weighted by molar-refractivity contribution is 6.32. The minimum absolute atomic E-state index is 0.106. The highest BCUT2D eigenvalue weighted by Crippen LogP contribution is 2.32. The molecule has 0 atom stereocenters. The number of phenolic OH excluding ortho intramolecular Hbond substituents is 1. The van der Waals surface area contributed by atoms with Crippen LogP contribution < -0.4 is 4.74 Å². The van der Waals surface area contributed by atoms with Crippen LogP contribution in [0, 0.1) is 0 Å². The second kappa shape index (κ2) is 4.33. The molecule has 0 aliphatic rings. The first-order valence-corrected chi connectivity index (χ1v) is 4.60. The van der Waals surface area contributed by atoms with E-state index in [2.05, 4.69) is 0 Å². The molecule has 76 valence electrons. The Morgan fingerprint density at radius 1 is 1.57 bits per heavy atom. The van der Waals surface area contributed by atoms with Crippen LogP contribution >= 0.6 is 11.6 Å². The zero-order chi connectivity index (χ0) is 10.7. The molecule has 1 N–H and O–H groups in total. The maximum absolute atomic E-state index is 11.0. The zero-order valence-corrected chi connectivity index (χ0v) is 8.76. The molecule has 1 aromatic carbocycles. The Balaban J connectivity index is 3.17. The van der Waals surface area contributed by atoms with Crippen LogP contribution in [0.25, 0.3) is 0 Å². The number of benzene rings is 1. The van der Waals surface area contributed by atoms with Gasteiger partial charge in [0.1, 0.15) is 11.5 Å². The van der Waals surface area contributed by atoms with Crippen molar-refractivity contribution in [1.82, 2.24) is 0 Å². The summed E-state index contributed by atoms with van der Waals surface area (Å²) in [6.07, 6.45) is 0. The van der Waals surface area contributed by atoms with Gasteiger partial charge >= 0.3 is 0 Å².